The first-order valence-electron chi connectivity index (χ1n) is 4.36. The summed E-state index contributed by atoms with van der Waals surface area (Å²) in [6, 6.07) is 3.98. The van der Waals surface area contributed by atoms with Gasteiger partial charge >= 0.3 is 0 Å². The molecule has 0 saturated carbocycles. The molecule has 0 aliphatic carbocycles. The van der Waals surface area contributed by atoms with E-state index in [2.05, 4.69) is 15.9 Å². The summed E-state index contributed by atoms with van der Waals surface area (Å²) < 4.78 is 1.07. The Hall–Kier alpha value is 0.0600. The molecule has 0 spiro atoms. The standard InChI is InChI=1S/C9H15BrN2OS/c1-12(2)9(6(13)5-11)7-3-4-8(10)14-7/h3-4,6,9,13H,5,11H2,1-2H3. The maximum absolute atomic E-state index is 9.78. The lowest BCUT2D eigenvalue weighted by Gasteiger charge is -2.27. The van der Waals surface area contributed by atoms with Crippen molar-refractivity contribution in [3.63, 3.8) is 0 Å². The van der Waals surface area contributed by atoms with Crippen molar-refractivity contribution in [3.05, 3.63) is 20.8 Å². The third kappa shape index (κ3) is 2.77. The van der Waals surface area contributed by atoms with Crippen LogP contribution < -0.4 is 5.73 Å². The molecule has 1 heterocycles. The zero-order chi connectivity index (χ0) is 10.7. The van der Waals surface area contributed by atoms with Crippen molar-refractivity contribution < 1.29 is 5.11 Å². The van der Waals surface area contributed by atoms with Crippen LogP contribution in [0.3, 0.4) is 0 Å². The molecule has 14 heavy (non-hydrogen) atoms. The lowest BCUT2D eigenvalue weighted by molar-refractivity contribution is 0.0843. The minimum Gasteiger partial charge on any atom is -0.390 e. The van der Waals surface area contributed by atoms with Gasteiger partial charge in [-0.05, 0) is 42.2 Å². The number of nitrogens with zero attached hydrogens (tertiary/aromatic N) is 1. The Labute approximate surface area is 96.7 Å². The Morgan fingerprint density at radius 2 is 2.21 bits per heavy atom. The lowest BCUT2D eigenvalue weighted by atomic mass is 10.1. The van der Waals surface area contributed by atoms with Crippen LogP contribution in [0.1, 0.15) is 10.9 Å². The first-order valence-corrected chi connectivity index (χ1v) is 5.97. The summed E-state index contributed by atoms with van der Waals surface area (Å²) in [6.45, 7) is 0.276. The smallest absolute Gasteiger partial charge is 0.0866 e. The van der Waals surface area contributed by atoms with Crippen LogP contribution in [0.15, 0.2) is 15.9 Å². The highest BCUT2D eigenvalue weighted by Gasteiger charge is 2.23. The molecule has 2 atom stereocenters. The van der Waals surface area contributed by atoms with Crippen molar-refractivity contribution >= 4 is 27.3 Å². The minimum absolute atomic E-state index is 0.0173. The van der Waals surface area contributed by atoms with Crippen LogP contribution >= 0.6 is 27.3 Å². The number of aliphatic hydroxyl groups is 1. The van der Waals surface area contributed by atoms with Crippen LogP contribution in [0.2, 0.25) is 0 Å². The predicted molar refractivity (Wildman–Crippen MR) is 63.5 cm³/mol. The highest BCUT2D eigenvalue weighted by atomic mass is 79.9. The van der Waals surface area contributed by atoms with E-state index in [0.29, 0.717) is 0 Å². The van der Waals surface area contributed by atoms with Crippen LogP contribution in [0, 0.1) is 0 Å². The number of thiophene rings is 1. The zero-order valence-corrected chi connectivity index (χ0v) is 10.7. The van der Waals surface area contributed by atoms with Gasteiger partial charge in [0, 0.05) is 11.4 Å². The van der Waals surface area contributed by atoms with Crippen molar-refractivity contribution in [1.82, 2.24) is 4.90 Å². The molecule has 1 aromatic heterocycles. The summed E-state index contributed by atoms with van der Waals surface area (Å²) >= 11 is 5.04. The topological polar surface area (TPSA) is 49.5 Å². The van der Waals surface area contributed by atoms with E-state index < -0.39 is 6.10 Å². The van der Waals surface area contributed by atoms with E-state index in [1.54, 1.807) is 11.3 Å². The maximum atomic E-state index is 9.78. The first kappa shape index (κ1) is 12.1. The van der Waals surface area contributed by atoms with E-state index in [-0.39, 0.29) is 12.6 Å². The molecule has 0 aliphatic rings. The van der Waals surface area contributed by atoms with Gasteiger partial charge in [0.05, 0.1) is 15.9 Å². The van der Waals surface area contributed by atoms with Gasteiger partial charge in [0.15, 0.2) is 0 Å². The highest BCUT2D eigenvalue weighted by Crippen LogP contribution is 2.31. The van der Waals surface area contributed by atoms with Gasteiger partial charge in [-0.3, -0.25) is 4.90 Å². The molecular weight excluding hydrogens is 264 g/mol. The highest BCUT2D eigenvalue weighted by molar-refractivity contribution is 9.11. The molecule has 0 aliphatic heterocycles. The molecule has 1 rings (SSSR count). The second kappa shape index (κ2) is 5.23. The van der Waals surface area contributed by atoms with Gasteiger partial charge in [0.2, 0.25) is 0 Å². The number of nitrogens with two attached hydrogens (primary N) is 1. The van der Waals surface area contributed by atoms with E-state index in [9.17, 15) is 5.11 Å². The molecule has 0 amide bonds. The number of likely N-dealkylation sites (N-methyl/N-ethyl adjacent to an activating group) is 1. The van der Waals surface area contributed by atoms with E-state index in [4.69, 9.17) is 5.73 Å². The second-order valence-electron chi connectivity index (χ2n) is 3.35. The normalized spacial score (nSPS) is 15.9. The van der Waals surface area contributed by atoms with Crippen molar-refractivity contribution in [3.8, 4) is 0 Å². The molecule has 0 fully saturated rings. The fourth-order valence-electron chi connectivity index (χ4n) is 1.40. The molecule has 80 valence electrons. The third-order valence-electron chi connectivity index (χ3n) is 2.05. The number of aliphatic hydroxyl groups excluding tert-OH is 1. The van der Waals surface area contributed by atoms with Gasteiger partial charge < -0.3 is 10.8 Å². The zero-order valence-electron chi connectivity index (χ0n) is 8.27. The van der Waals surface area contributed by atoms with Crippen LogP contribution in [0.4, 0.5) is 0 Å². The SMILES string of the molecule is CN(C)C(c1ccc(Br)s1)C(O)CN. The molecule has 5 heteroatoms. The molecule has 2 unspecified atom stereocenters. The molecule has 1 aromatic rings. The average Bonchev–Trinajstić information content (AvgIpc) is 2.51. The Bertz CT molecular complexity index is 290. The minimum atomic E-state index is -0.518. The number of rotatable bonds is 4. The fourth-order valence-corrected chi connectivity index (χ4v) is 3.08. The molecule has 3 N–H and O–H groups in total. The number of halogens is 1. The summed E-state index contributed by atoms with van der Waals surface area (Å²) in [6.07, 6.45) is -0.518. The van der Waals surface area contributed by atoms with Gasteiger partial charge in [-0.25, -0.2) is 0 Å². The maximum Gasteiger partial charge on any atom is 0.0866 e. The van der Waals surface area contributed by atoms with Crippen molar-refractivity contribution in [2.75, 3.05) is 20.6 Å². The predicted octanol–water partition coefficient (Wildman–Crippen LogP) is 1.43. The van der Waals surface area contributed by atoms with Gasteiger partial charge in [0.1, 0.15) is 0 Å². The third-order valence-corrected chi connectivity index (χ3v) is 3.74. The summed E-state index contributed by atoms with van der Waals surface area (Å²) in [5.74, 6) is 0. The summed E-state index contributed by atoms with van der Waals surface area (Å²) in [5.41, 5.74) is 5.47. The first-order chi connectivity index (χ1) is 6.56. The quantitative estimate of drug-likeness (QED) is 0.876. The van der Waals surface area contributed by atoms with Crippen molar-refractivity contribution in [2.24, 2.45) is 5.73 Å². The van der Waals surface area contributed by atoms with Crippen LogP contribution in [-0.2, 0) is 0 Å². The second-order valence-corrected chi connectivity index (χ2v) is 5.85. The lowest BCUT2D eigenvalue weighted by Crippen LogP contribution is -2.35. The van der Waals surface area contributed by atoms with Crippen LogP contribution in [0.25, 0.3) is 0 Å². The number of hydrogen-bond donors (Lipinski definition) is 2. The molecule has 0 radical (unpaired) electrons. The van der Waals surface area contributed by atoms with Crippen molar-refractivity contribution in [2.45, 2.75) is 12.1 Å². The Morgan fingerprint density at radius 3 is 2.57 bits per heavy atom. The molecule has 0 aromatic carbocycles. The van der Waals surface area contributed by atoms with E-state index in [1.807, 2.05) is 31.1 Å². The number of hydrogen-bond acceptors (Lipinski definition) is 4. The van der Waals surface area contributed by atoms with Crippen molar-refractivity contribution in [1.29, 1.82) is 0 Å². The van der Waals surface area contributed by atoms with Gasteiger partial charge in [-0.2, -0.15) is 0 Å². The molecule has 3 nitrogen and oxygen atoms in total. The van der Waals surface area contributed by atoms with Gasteiger partial charge in [-0.15, -0.1) is 11.3 Å². The molecule has 0 bridgehead atoms. The molecular formula is C9H15BrN2OS. The Kier molecular flexibility index (Phi) is 4.53. The Morgan fingerprint density at radius 1 is 1.57 bits per heavy atom. The molecule has 0 saturated heterocycles. The van der Waals surface area contributed by atoms with Crippen LogP contribution in [-0.4, -0.2) is 36.8 Å². The average molecular weight is 279 g/mol. The van der Waals surface area contributed by atoms with Gasteiger partial charge in [-0.1, -0.05) is 0 Å². The monoisotopic (exact) mass is 278 g/mol. The van der Waals surface area contributed by atoms with Crippen LogP contribution in [0.5, 0.6) is 0 Å². The van der Waals surface area contributed by atoms with E-state index in [0.717, 1.165) is 8.66 Å². The summed E-state index contributed by atoms with van der Waals surface area (Å²) in [5, 5.41) is 9.78. The van der Waals surface area contributed by atoms with E-state index >= 15 is 0 Å². The fraction of sp³-hybridized carbons (Fsp3) is 0.556. The largest absolute Gasteiger partial charge is 0.390 e. The van der Waals surface area contributed by atoms with Gasteiger partial charge in [0.25, 0.3) is 0 Å². The summed E-state index contributed by atoms with van der Waals surface area (Å²) in [4.78, 5) is 3.11. The van der Waals surface area contributed by atoms with E-state index in [1.165, 1.54) is 0 Å². The Balaban J connectivity index is 2.88. The summed E-state index contributed by atoms with van der Waals surface area (Å²) in [7, 11) is 3.88.